The molecule has 13 heteroatoms. The van der Waals surface area contributed by atoms with Crippen LogP contribution in [0.2, 0.25) is 0 Å². The second-order valence-electron chi connectivity index (χ2n) is 8.18. The number of imide groups is 2. The van der Waals surface area contributed by atoms with Gasteiger partial charge < -0.3 is 15.8 Å². The Kier molecular flexibility index (Phi) is 7.33. The molecule has 0 aliphatic carbocycles. The average molecular weight is 516 g/mol. The Morgan fingerprint density at radius 3 is 2.44 bits per heavy atom. The lowest BCUT2D eigenvalue weighted by Gasteiger charge is -2.27. The van der Waals surface area contributed by atoms with Crippen LogP contribution >= 0.6 is 0 Å². The van der Waals surface area contributed by atoms with E-state index in [1.807, 2.05) is 0 Å². The number of piperidine rings is 1. The van der Waals surface area contributed by atoms with Gasteiger partial charge in [0, 0.05) is 30.9 Å². The van der Waals surface area contributed by atoms with Gasteiger partial charge in [0.2, 0.25) is 21.8 Å². The van der Waals surface area contributed by atoms with E-state index in [2.05, 4.69) is 15.4 Å². The number of sulfonamides is 1. The van der Waals surface area contributed by atoms with Crippen molar-refractivity contribution in [3.63, 3.8) is 0 Å². The van der Waals surface area contributed by atoms with Crippen LogP contribution in [0.25, 0.3) is 0 Å². The molecule has 0 spiro atoms. The molecule has 2 aliphatic rings. The Bertz CT molecular complexity index is 1310. The molecule has 2 aromatic rings. The summed E-state index contributed by atoms with van der Waals surface area (Å²) < 4.78 is 32.4. The predicted octanol–water partition coefficient (Wildman–Crippen LogP) is 0.0770. The highest BCUT2D eigenvalue weighted by molar-refractivity contribution is 7.89. The summed E-state index contributed by atoms with van der Waals surface area (Å²) in [4.78, 5) is 50.6. The summed E-state index contributed by atoms with van der Waals surface area (Å²) in [5.41, 5.74) is 6.77. The van der Waals surface area contributed by atoms with Crippen LogP contribution in [0.5, 0.6) is 0 Å². The van der Waals surface area contributed by atoms with E-state index in [1.165, 1.54) is 30.3 Å². The maximum absolute atomic E-state index is 13.1. The zero-order valence-corrected chi connectivity index (χ0v) is 20.0. The first-order valence-corrected chi connectivity index (χ1v) is 12.7. The number of carbonyl (C=O) groups is 4. The summed E-state index contributed by atoms with van der Waals surface area (Å²) in [6.07, 6.45) is 0.122. The average Bonchev–Trinajstić information content (AvgIpc) is 3.09. The van der Waals surface area contributed by atoms with Crippen LogP contribution < -0.4 is 21.1 Å². The Morgan fingerprint density at radius 1 is 1.00 bits per heavy atom. The summed E-state index contributed by atoms with van der Waals surface area (Å²) >= 11 is 0. The van der Waals surface area contributed by atoms with Gasteiger partial charge >= 0.3 is 0 Å². The molecule has 1 fully saturated rings. The number of amides is 4. The molecule has 2 aromatic carbocycles. The monoisotopic (exact) mass is 515 g/mol. The van der Waals surface area contributed by atoms with E-state index < -0.39 is 39.7 Å². The summed E-state index contributed by atoms with van der Waals surface area (Å²) in [6, 6.07) is 9.55. The second-order valence-corrected chi connectivity index (χ2v) is 9.95. The van der Waals surface area contributed by atoms with Crippen molar-refractivity contribution in [2.24, 2.45) is 0 Å². The van der Waals surface area contributed by atoms with Crippen LogP contribution in [0.1, 0.15) is 33.6 Å². The van der Waals surface area contributed by atoms with Crippen molar-refractivity contribution in [1.82, 2.24) is 14.9 Å². The molecule has 0 bridgehead atoms. The molecule has 4 amide bonds. The van der Waals surface area contributed by atoms with Gasteiger partial charge in [0.25, 0.3) is 11.8 Å². The largest absolute Gasteiger partial charge is 0.399 e. The summed E-state index contributed by atoms with van der Waals surface area (Å²) in [5.74, 6) is -2.30. The van der Waals surface area contributed by atoms with Gasteiger partial charge in [0.15, 0.2) is 0 Å². The van der Waals surface area contributed by atoms with E-state index >= 15 is 0 Å². The zero-order chi connectivity index (χ0) is 25.9. The van der Waals surface area contributed by atoms with E-state index in [4.69, 9.17) is 10.5 Å². The van der Waals surface area contributed by atoms with Gasteiger partial charge in [-0.25, -0.2) is 13.1 Å². The van der Waals surface area contributed by atoms with Gasteiger partial charge in [0.05, 0.1) is 29.2 Å². The van der Waals surface area contributed by atoms with Crippen LogP contribution in [0.15, 0.2) is 47.4 Å². The first-order valence-electron chi connectivity index (χ1n) is 11.2. The standard InChI is InChI=1S/C23H25N5O7S/c24-14-4-6-15(7-5-14)36(33,34)26-11-13-35-12-10-25-17-3-1-2-16-20(17)23(32)28(22(16)31)18-8-9-19(29)27-21(18)30/h1-7,18,25-26H,8-13,24H2,(H,27,29,30). The molecule has 1 unspecified atom stereocenters. The van der Waals surface area contributed by atoms with Crippen molar-refractivity contribution in [3.8, 4) is 0 Å². The fourth-order valence-electron chi connectivity index (χ4n) is 4.00. The van der Waals surface area contributed by atoms with Gasteiger partial charge in [-0.2, -0.15) is 0 Å². The Morgan fingerprint density at radius 2 is 1.72 bits per heavy atom. The van der Waals surface area contributed by atoms with E-state index in [9.17, 15) is 27.6 Å². The van der Waals surface area contributed by atoms with Crippen LogP contribution in [-0.2, 0) is 24.3 Å². The molecule has 0 radical (unpaired) electrons. The number of fused-ring (bicyclic) bond motifs is 1. The number of anilines is 2. The third-order valence-electron chi connectivity index (χ3n) is 5.76. The van der Waals surface area contributed by atoms with Crippen molar-refractivity contribution in [2.75, 3.05) is 37.4 Å². The molecule has 2 aliphatic heterocycles. The molecule has 0 saturated carbocycles. The summed E-state index contributed by atoms with van der Waals surface area (Å²) in [7, 11) is -3.67. The van der Waals surface area contributed by atoms with E-state index in [0.717, 1.165) is 4.90 Å². The topological polar surface area (TPSA) is 177 Å². The lowest BCUT2D eigenvalue weighted by molar-refractivity contribution is -0.136. The third-order valence-corrected chi connectivity index (χ3v) is 7.24. The van der Waals surface area contributed by atoms with Gasteiger partial charge in [-0.05, 0) is 42.8 Å². The van der Waals surface area contributed by atoms with Crippen molar-refractivity contribution in [3.05, 3.63) is 53.6 Å². The number of carbonyl (C=O) groups excluding carboxylic acids is 4. The molecular formula is C23H25N5O7S. The van der Waals surface area contributed by atoms with E-state index in [1.54, 1.807) is 12.1 Å². The van der Waals surface area contributed by atoms with Gasteiger partial charge in [-0.15, -0.1) is 0 Å². The zero-order valence-electron chi connectivity index (χ0n) is 19.2. The minimum Gasteiger partial charge on any atom is -0.399 e. The quantitative estimate of drug-likeness (QED) is 0.194. The Hall–Kier alpha value is -3.81. The Labute approximate surface area is 207 Å². The molecule has 0 aromatic heterocycles. The highest BCUT2D eigenvalue weighted by Gasteiger charge is 2.45. The highest BCUT2D eigenvalue weighted by atomic mass is 32.2. The van der Waals surface area contributed by atoms with Crippen LogP contribution in [0.3, 0.4) is 0 Å². The minimum absolute atomic E-state index is 0.0440. The molecule has 1 atom stereocenters. The SMILES string of the molecule is Nc1ccc(S(=O)(=O)NCCOCCNc2cccc3c2C(=O)N(C2CCC(=O)NC2=O)C3=O)cc1. The van der Waals surface area contributed by atoms with E-state index in [0.29, 0.717) is 11.4 Å². The number of rotatable bonds is 10. The summed E-state index contributed by atoms with van der Waals surface area (Å²) in [6.45, 7) is 0.651. The van der Waals surface area contributed by atoms with Crippen molar-refractivity contribution >= 4 is 45.0 Å². The van der Waals surface area contributed by atoms with Gasteiger partial charge in [-0.1, -0.05) is 6.07 Å². The molecular weight excluding hydrogens is 490 g/mol. The molecule has 4 rings (SSSR count). The van der Waals surface area contributed by atoms with Gasteiger partial charge in [0.1, 0.15) is 6.04 Å². The first kappa shape index (κ1) is 25.3. The summed E-state index contributed by atoms with van der Waals surface area (Å²) in [5, 5.41) is 5.21. The second kappa shape index (κ2) is 10.4. The number of nitrogens with two attached hydrogens (primary N) is 1. The molecule has 12 nitrogen and oxygen atoms in total. The fourth-order valence-corrected chi connectivity index (χ4v) is 5.01. The minimum atomic E-state index is -3.67. The highest BCUT2D eigenvalue weighted by Crippen LogP contribution is 2.32. The predicted molar refractivity (Wildman–Crippen MR) is 128 cm³/mol. The van der Waals surface area contributed by atoms with Crippen LogP contribution in [0.4, 0.5) is 11.4 Å². The number of nitrogens with zero attached hydrogens (tertiary/aromatic N) is 1. The molecule has 5 N–H and O–H groups in total. The number of benzene rings is 2. The molecule has 36 heavy (non-hydrogen) atoms. The van der Waals surface area contributed by atoms with Crippen molar-refractivity contribution in [1.29, 1.82) is 0 Å². The number of nitrogens with one attached hydrogen (secondary N) is 3. The smallest absolute Gasteiger partial charge is 0.264 e. The van der Waals surface area contributed by atoms with Crippen LogP contribution in [-0.4, -0.2) is 69.3 Å². The molecule has 1 saturated heterocycles. The van der Waals surface area contributed by atoms with E-state index in [-0.39, 0.29) is 55.2 Å². The number of hydrogen-bond donors (Lipinski definition) is 4. The third kappa shape index (κ3) is 5.22. The fraction of sp³-hybridized carbons (Fsp3) is 0.304. The first-order chi connectivity index (χ1) is 17.2. The van der Waals surface area contributed by atoms with Gasteiger partial charge in [-0.3, -0.25) is 29.4 Å². The Balaban J connectivity index is 1.28. The number of ether oxygens (including phenoxy) is 1. The molecule has 190 valence electrons. The maximum Gasteiger partial charge on any atom is 0.264 e. The van der Waals surface area contributed by atoms with Crippen LogP contribution in [0, 0.1) is 0 Å². The maximum atomic E-state index is 13.1. The normalized spacial score (nSPS) is 17.8. The van der Waals surface area contributed by atoms with Crippen molar-refractivity contribution < 1.29 is 32.3 Å². The lowest BCUT2D eigenvalue weighted by atomic mass is 10.0. The lowest BCUT2D eigenvalue weighted by Crippen LogP contribution is -2.54. The molecule has 2 heterocycles. The number of hydrogen-bond acceptors (Lipinski definition) is 9. The van der Waals surface area contributed by atoms with Crippen molar-refractivity contribution in [2.45, 2.75) is 23.8 Å². The number of nitrogen functional groups attached to an aromatic ring is 1.